The molecule has 39 nitrogen and oxygen atoms in total. The zero-order valence-corrected chi connectivity index (χ0v) is 54.9. The molecule has 90 heavy (non-hydrogen) atoms. The lowest BCUT2D eigenvalue weighted by atomic mass is 10.0. The summed E-state index contributed by atoms with van der Waals surface area (Å²) < 4.78 is 49.1. The van der Waals surface area contributed by atoms with Crippen molar-refractivity contribution in [1.29, 1.82) is 5.26 Å². The fourth-order valence-corrected chi connectivity index (χ4v) is 9.10. The molecule has 4 aromatic rings. The van der Waals surface area contributed by atoms with E-state index in [0.29, 0.717) is 12.0 Å². The van der Waals surface area contributed by atoms with Crippen LogP contribution in [0.2, 0.25) is 39.3 Å². The third kappa shape index (κ3) is 30.4. The Morgan fingerprint density at radius 1 is 0.689 bits per heavy atom. The highest BCUT2D eigenvalue weighted by molar-refractivity contribution is 9.09. The van der Waals surface area contributed by atoms with Crippen LogP contribution in [0.1, 0.15) is 68.3 Å². The monoisotopic (exact) mass is 1380 g/mol. The van der Waals surface area contributed by atoms with Gasteiger partial charge < -0.3 is 91.1 Å². The van der Waals surface area contributed by atoms with Gasteiger partial charge in [0, 0.05) is 54.6 Å². The van der Waals surface area contributed by atoms with Gasteiger partial charge in [0.2, 0.25) is 32.1 Å². The molecule has 4 aromatic heterocycles. The lowest BCUT2D eigenvalue weighted by Gasteiger charge is -2.22. The van der Waals surface area contributed by atoms with Gasteiger partial charge in [-0.1, -0.05) is 49.9 Å². The lowest BCUT2D eigenvalue weighted by Crippen LogP contribution is -2.40. The van der Waals surface area contributed by atoms with Crippen molar-refractivity contribution in [3.05, 3.63) is 56.8 Å². The lowest BCUT2D eigenvalue weighted by molar-refractivity contribution is -0.165. The molecule has 42 heteroatoms. The average Bonchev–Trinajstić information content (AvgIpc) is 1.78. The summed E-state index contributed by atoms with van der Waals surface area (Å²) in [6.45, 7) is 21.7. The summed E-state index contributed by atoms with van der Waals surface area (Å²) in [4.78, 5) is 128. The van der Waals surface area contributed by atoms with E-state index in [9.17, 15) is 48.6 Å². The molecule has 12 atom stereocenters. The number of aliphatic hydroxyl groups excluding tert-OH is 4. The van der Waals surface area contributed by atoms with Gasteiger partial charge in [0.1, 0.15) is 77.3 Å². The molecule has 7 rings (SSSR count). The first kappa shape index (κ1) is 83.9. The van der Waals surface area contributed by atoms with Crippen molar-refractivity contribution in [2.24, 2.45) is 5.92 Å². The molecule has 3 fully saturated rings. The third-order valence-corrected chi connectivity index (χ3v) is 12.9. The third-order valence-electron chi connectivity index (χ3n) is 10.4. The summed E-state index contributed by atoms with van der Waals surface area (Å²) in [5.74, 6) is -2.50. The predicted molar refractivity (Wildman–Crippen MR) is 324 cm³/mol. The van der Waals surface area contributed by atoms with E-state index in [-0.39, 0.29) is 50.6 Å². The minimum Gasteiger partial charge on any atom is -0.518 e. The van der Waals surface area contributed by atoms with Gasteiger partial charge in [0.15, 0.2) is 35.8 Å². The number of halogens is 1. The normalized spacial score (nSPS) is 22.5. The zero-order chi connectivity index (χ0) is 67.4. The number of nitrogens with zero attached hydrogens (tertiary/aromatic N) is 12. The number of nitrogens with one attached hydrogen (secondary N) is 2. The number of alkyl halides is 1. The molecule has 3 aliphatic heterocycles. The summed E-state index contributed by atoms with van der Waals surface area (Å²) in [7, 11) is -2.08. The summed E-state index contributed by atoms with van der Waals surface area (Å²) >= 11 is 3.18. The molecule has 0 aromatic carbocycles. The smallest absolute Gasteiger partial charge is 0.354 e. The number of nitriles is 1. The van der Waals surface area contributed by atoms with Crippen LogP contribution in [-0.4, -0.2) is 207 Å². The van der Waals surface area contributed by atoms with E-state index in [1.165, 1.54) is 54.2 Å². The molecule has 0 spiro atoms. The van der Waals surface area contributed by atoms with Gasteiger partial charge in [0.25, 0.3) is 0 Å². The molecule has 0 amide bonds. The molecule has 0 radical (unpaired) electrons. The Balaban J connectivity index is 0. The second-order valence-corrected chi connectivity index (χ2v) is 30.0. The van der Waals surface area contributed by atoms with Gasteiger partial charge >= 0.3 is 52.9 Å². The van der Waals surface area contributed by atoms with Crippen LogP contribution in [0.3, 0.4) is 0 Å². The fourth-order valence-electron chi connectivity index (χ4n) is 6.97. The van der Waals surface area contributed by atoms with Crippen LogP contribution in [0.25, 0.3) is 0 Å². The molecule has 7 heterocycles. The van der Waals surface area contributed by atoms with Crippen LogP contribution >= 0.6 is 15.9 Å². The number of ether oxygens (including phenoxy) is 8. The van der Waals surface area contributed by atoms with Crippen LogP contribution in [0.15, 0.2) is 39.7 Å². The maximum Gasteiger partial charge on any atom is 0.354 e. The van der Waals surface area contributed by atoms with Crippen LogP contribution in [0.5, 0.6) is 6.01 Å². The topological polar surface area (TPSA) is 591 Å². The van der Waals surface area contributed by atoms with E-state index in [0.717, 1.165) is 28.9 Å². The van der Waals surface area contributed by atoms with Gasteiger partial charge in [-0.2, -0.15) is 30.2 Å². The Labute approximate surface area is 526 Å². The highest BCUT2D eigenvalue weighted by Gasteiger charge is 2.49. The number of aliphatic hydroxyl groups is 4. The first-order chi connectivity index (χ1) is 41.0. The largest absolute Gasteiger partial charge is 0.518 e. The van der Waals surface area contributed by atoms with Gasteiger partial charge in [0.05, 0.1) is 12.7 Å². The maximum atomic E-state index is 12.0. The van der Waals surface area contributed by atoms with E-state index in [2.05, 4.69) is 110 Å². The van der Waals surface area contributed by atoms with E-state index in [1.807, 2.05) is 0 Å². The van der Waals surface area contributed by atoms with Crippen molar-refractivity contribution in [3.8, 4) is 12.1 Å². The Morgan fingerprint density at radius 3 is 1.56 bits per heavy atom. The molecule has 3 saturated heterocycles. The Bertz CT molecular complexity index is 3070. The quantitative estimate of drug-likeness (QED) is 0.0301. The molecule has 15 N–H and O–H groups in total. The van der Waals surface area contributed by atoms with Gasteiger partial charge in [-0.25, -0.2) is 34.3 Å². The molecule has 0 saturated carbocycles. The number of aromatic amines is 1. The highest BCUT2D eigenvalue weighted by Crippen LogP contribution is 2.36. The van der Waals surface area contributed by atoms with Crippen molar-refractivity contribution in [1.82, 2.24) is 65.1 Å². The zero-order valence-electron chi connectivity index (χ0n) is 51.3. The van der Waals surface area contributed by atoms with E-state index < -0.39 is 136 Å². The Kier molecular flexibility index (Phi) is 37.8. The van der Waals surface area contributed by atoms with Crippen molar-refractivity contribution in [2.45, 2.75) is 161 Å². The van der Waals surface area contributed by atoms with Crippen LogP contribution < -0.4 is 49.8 Å². The van der Waals surface area contributed by atoms with Crippen molar-refractivity contribution in [2.75, 3.05) is 49.1 Å². The number of nitrogen functional groups attached to an aromatic ring is 3. The predicted octanol–water partition coefficient (Wildman–Crippen LogP) is -1.37. The van der Waals surface area contributed by atoms with E-state index in [4.69, 9.17) is 75.0 Å². The number of aromatic nitrogens is 12. The number of rotatable bonds is 14. The first-order valence-electron chi connectivity index (χ1n) is 25.9. The minimum atomic E-state index is -1.65. The molecule has 506 valence electrons. The second-order valence-electron chi connectivity index (χ2n) is 19.9. The maximum absolute atomic E-state index is 12.0. The minimum absolute atomic E-state index is 0. The van der Waals surface area contributed by atoms with E-state index >= 15 is 0 Å². The number of hydrogen-bond acceptors (Lipinski definition) is 36. The first-order valence-corrected chi connectivity index (χ1v) is 33.7. The summed E-state index contributed by atoms with van der Waals surface area (Å²) in [6.07, 6.45) is -4.44. The van der Waals surface area contributed by atoms with Gasteiger partial charge in [-0.15, -0.1) is 0 Å². The summed E-state index contributed by atoms with van der Waals surface area (Å²) in [5.41, 5.74) is 13.7. The molecule has 0 bridgehead atoms. The summed E-state index contributed by atoms with van der Waals surface area (Å²) in [5, 5.41) is 41.8. The van der Waals surface area contributed by atoms with Crippen molar-refractivity contribution >= 4 is 86.1 Å². The number of H-pyrrole nitrogens is 1. The van der Waals surface area contributed by atoms with Gasteiger partial charge in [-0.3, -0.25) is 38.1 Å². The second kappa shape index (κ2) is 40.5. The molecular weight excluding hydrogens is 1300 g/mol. The number of esters is 5. The standard InChI is InChI=1S/C13H18N4O6.C11H15BrO7.C9H20N4OSi2.C8H12N4O5.C3H4N4O.C2H3N.CH4O.CH4.H3N/c1-6-9(4-21-7(2)18)23-11(10(6)22-8(3)19)17-5-15-12(14)16-13(17)20;1-5(13)16-4-8-9(17-6(2)14)10(11(12)19-8)18-7(3)15;1-15(2,3)13-8-10-7-11-9(12-8)14-16(4,5)6;9-7-10-2-12(8(16)11-7)6-5(15)4(14)3(1-13)17-6;4-2-5-1-6-3(8)7-2;1-2-3;1-2;;/h5-6,9-11H,4H2,1-3H3,(H2,14,16,20);8-11H,4H2,1-3H3;7H,1-6H3,(H,10,11,12,13);2-6,13-15H,1H2,(H2,9,11,16);1H,(H3,4,5,6,7,8);1H3;2H,1H3;1H4;1H3/t6-,9+,10?,11+;8-,9+,10?,11?;;3-,4+,5?,6-;;;;;/m01.1...../s1. The van der Waals surface area contributed by atoms with E-state index in [1.54, 1.807) is 13.0 Å². The van der Waals surface area contributed by atoms with Crippen LogP contribution in [0, 0.1) is 17.2 Å². The highest BCUT2D eigenvalue weighted by atomic mass is 79.9. The Hall–Kier alpha value is -8.13. The SMILES string of the molecule is C.CC#N.CC(=O)OC[C@H]1OC(Br)C(OC(C)=O)[C@H]1OC(C)=O.CC(=O)OC[C@H]1O[C@@H](n2cnc(N)nc2=O)C(OC(C)=O)[C@H]1C.CO.C[Si](C)(C)Nc1ncnc(O[Si](C)(C)C)n1.N.Nc1ncn([C@@H]2O[C@H](CO)[C@H](O)C2O)c(=O)n1.Nc1ncnc(=O)[nH]1. The van der Waals surface area contributed by atoms with Crippen molar-refractivity contribution < 1.29 is 86.7 Å². The number of carbonyl (C=O) groups is 5. The number of anilines is 4. The molecule has 0 aliphatic carbocycles. The summed E-state index contributed by atoms with van der Waals surface area (Å²) in [6, 6.07) is 2.18. The fraction of sp³-hybridized carbons (Fsp3) is 0.625. The molecular formula is C48H83BrN18O21Si2. The number of nitrogens with two attached hydrogens (primary N) is 3. The van der Waals surface area contributed by atoms with Crippen LogP contribution in [0.4, 0.5) is 23.8 Å². The molecule has 4 unspecified atom stereocenters. The van der Waals surface area contributed by atoms with Crippen LogP contribution in [-0.2, 0) is 61.9 Å². The molecule has 3 aliphatic rings. The van der Waals surface area contributed by atoms with Gasteiger partial charge in [-0.05, 0) is 19.6 Å². The number of hydrogen-bond donors (Lipinski definition) is 10. The average molecular weight is 1380 g/mol. The Morgan fingerprint density at radius 2 is 1.14 bits per heavy atom. The van der Waals surface area contributed by atoms with Crippen molar-refractivity contribution in [3.63, 3.8) is 0 Å². The number of carbonyl (C=O) groups excluding carboxylic acids is 5.